The molecule has 2 aliphatic heterocycles. The van der Waals surface area contributed by atoms with Crippen molar-refractivity contribution in [1.82, 2.24) is 24.8 Å². The standard InChI is InChI=1S/C25H26FN9O2/c26-18-4-8-35(13-18)24-16(10-27)9-17(11-30-24)21-3-6-28-25(32-21)31-19-1-2-22(29-12-19)33-23(37)15-34-7-5-20(36)14-34/h1-3,6,9,11-12,18,20,36H,4-5,7-8,13-15H2,(H,28,31,32)(H,29,33,37)/t18-,20-/m0/s1. The van der Waals surface area contributed by atoms with E-state index in [1.165, 1.54) is 0 Å². The number of rotatable bonds is 7. The summed E-state index contributed by atoms with van der Waals surface area (Å²) < 4.78 is 13.6. The smallest absolute Gasteiger partial charge is 0.239 e. The number of nitrogens with one attached hydrogen (secondary N) is 2. The third-order valence-corrected chi connectivity index (χ3v) is 6.27. The summed E-state index contributed by atoms with van der Waals surface area (Å²) in [6.07, 6.45) is 4.60. The summed E-state index contributed by atoms with van der Waals surface area (Å²) >= 11 is 0. The van der Waals surface area contributed by atoms with Crippen LogP contribution >= 0.6 is 0 Å². The van der Waals surface area contributed by atoms with Crippen LogP contribution in [0.15, 0.2) is 42.9 Å². The number of likely N-dealkylation sites (tertiary alicyclic amines) is 1. The van der Waals surface area contributed by atoms with Gasteiger partial charge < -0.3 is 20.6 Å². The maximum atomic E-state index is 13.6. The number of halogens is 1. The number of nitriles is 1. The Kier molecular flexibility index (Phi) is 7.16. The summed E-state index contributed by atoms with van der Waals surface area (Å²) in [4.78, 5) is 33.4. The molecule has 0 saturated carbocycles. The summed E-state index contributed by atoms with van der Waals surface area (Å²) in [5.74, 6) is 1.03. The fourth-order valence-corrected chi connectivity index (χ4v) is 4.43. The fourth-order valence-electron chi connectivity index (χ4n) is 4.43. The molecule has 190 valence electrons. The molecular weight excluding hydrogens is 477 g/mol. The van der Waals surface area contributed by atoms with Gasteiger partial charge in [-0.15, -0.1) is 0 Å². The van der Waals surface area contributed by atoms with Crippen molar-refractivity contribution < 1.29 is 14.3 Å². The van der Waals surface area contributed by atoms with E-state index in [0.717, 1.165) is 0 Å². The summed E-state index contributed by atoms with van der Waals surface area (Å²) in [6, 6.07) is 8.98. The molecule has 0 radical (unpaired) electrons. The van der Waals surface area contributed by atoms with Crippen LogP contribution in [-0.4, -0.2) is 80.8 Å². The molecule has 0 unspecified atom stereocenters. The number of aromatic nitrogens is 4. The summed E-state index contributed by atoms with van der Waals surface area (Å²) in [5, 5.41) is 25.0. The SMILES string of the molecule is N#Cc1cc(-c2ccnc(Nc3ccc(NC(=O)CN4CC[C@H](O)C4)nc3)n2)cnc1N1CC[C@H](F)C1. The first-order valence-electron chi connectivity index (χ1n) is 12.0. The molecule has 3 aromatic heterocycles. The number of carbonyl (C=O) groups excluding carboxylic acids is 1. The van der Waals surface area contributed by atoms with E-state index in [-0.39, 0.29) is 25.1 Å². The van der Waals surface area contributed by atoms with Gasteiger partial charge in [0.05, 0.1) is 42.3 Å². The summed E-state index contributed by atoms with van der Waals surface area (Å²) in [6.45, 7) is 2.17. The normalized spacial score (nSPS) is 19.5. The largest absolute Gasteiger partial charge is 0.392 e. The van der Waals surface area contributed by atoms with Crippen molar-refractivity contribution in [3.63, 3.8) is 0 Å². The van der Waals surface area contributed by atoms with E-state index in [9.17, 15) is 19.6 Å². The summed E-state index contributed by atoms with van der Waals surface area (Å²) in [5.41, 5.74) is 2.20. The number of β-amino-alcohol motifs (C(OH)–C–C–N with tert-alkyl or cyclic N) is 1. The predicted octanol–water partition coefficient (Wildman–Crippen LogP) is 2.10. The Labute approximate surface area is 213 Å². The number of hydrogen-bond donors (Lipinski definition) is 3. The molecule has 37 heavy (non-hydrogen) atoms. The highest BCUT2D eigenvalue weighted by atomic mass is 19.1. The Morgan fingerprint density at radius 3 is 2.76 bits per heavy atom. The van der Waals surface area contributed by atoms with E-state index in [0.29, 0.717) is 72.6 Å². The predicted molar refractivity (Wildman–Crippen MR) is 135 cm³/mol. The van der Waals surface area contributed by atoms with Gasteiger partial charge in [-0.1, -0.05) is 0 Å². The van der Waals surface area contributed by atoms with Crippen LogP contribution in [-0.2, 0) is 4.79 Å². The van der Waals surface area contributed by atoms with Gasteiger partial charge in [-0.3, -0.25) is 9.69 Å². The van der Waals surface area contributed by atoms with Crippen molar-refractivity contribution in [1.29, 1.82) is 5.26 Å². The highest BCUT2D eigenvalue weighted by Crippen LogP contribution is 2.27. The Morgan fingerprint density at radius 2 is 2.05 bits per heavy atom. The van der Waals surface area contributed by atoms with Crippen molar-refractivity contribution in [2.45, 2.75) is 25.1 Å². The minimum absolute atomic E-state index is 0.191. The fraction of sp³-hybridized carbons (Fsp3) is 0.360. The zero-order valence-electron chi connectivity index (χ0n) is 20.0. The highest BCUT2D eigenvalue weighted by Gasteiger charge is 2.25. The van der Waals surface area contributed by atoms with Crippen LogP contribution in [0.1, 0.15) is 18.4 Å². The van der Waals surface area contributed by atoms with Crippen LogP contribution in [0, 0.1) is 11.3 Å². The van der Waals surface area contributed by atoms with E-state index in [2.05, 4.69) is 36.6 Å². The molecule has 12 heteroatoms. The van der Waals surface area contributed by atoms with Gasteiger partial charge in [-0.05, 0) is 37.1 Å². The molecular formula is C25H26FN9O2. The van der Waals surface area contributed by atoms with Crippen LogP contribution in [0.3, 0.4) is 0 Å². The molecule has 5 heterocycles. The van der Waals surface area contributed by atoms with Gasteiger partial charge in [0.2, 0.25) is 11.9 Å². The van der Waals surface area contributed by atoms with Gasteiger partial charge in [0.25, 0.3) is 0 Å². The van der Waals surface area contributed by atoms with Crippen LogP contribution in [0.2, 0.25) is 0 Å². The Hall–Kier alpha value is -4.21. The zero-order valence-corrected chi connectivity index (χ0v) is 20.0. The number of aliphatic hydroxyl groups excluding tert-OH is 1. The Bertz CT molecular complexity index is 1310. The van der Waals surface area contributed by atoms with Crippen molar-refractivity contribution in [2.24, 2.45) is 0 Å². The third kappa shape index (κ3) is 5.96. The lowest BCUT2D eigenvalue weighted by Gasteiger charge is -2.18. The topological polar surface area (TPSA) is 143 Å². The second kappa shape index (κ2) is 10.8. The average Bonchev–Trinajstić information content (AvgIpc) is 3.52. The second-order valence-corrected chi connectivity index (χ2v) is 9.09. The first-order chi connectivity index (χ1) is 18.0. The molecule has 2 aliphatic rings. The first kappa shape index (κ1) is 24.5. The molecule has 0 aliphatic carbocycles. The van der Waals surface area contributed by atoms with Gasteiger partial charge >= 0.3 is 0 Å². The average molecular weight is 504 g/mol. The van der Waals surface area contributed by atoms with Gasteiger partial charge in [0.15, 0.2) is 0 Å². The van der Waals surface area contributed by atoms with Crippen LogP contribution in [0.4, 0.5) is 27.7 Å². The van der Waals surface area contributed by atoms with Crippen molar-refractivity contribution in [3.05, 3.63) is 48.4 Å². The number of pyridine rings is 2. The number of carbonyl (C=O) groups is 1. The quantitative estimate of drug-likeness (QED) is 0.438. The number of alkyl halides is 1. The molecule has 11 nitrogen and oxygen atoms in total. The lowest BCUT2D eigenvalue weighted by atomic mass is 10.1. The van der Waals surface area contributed by atoms with Gasteiger partial charge in [0, 0.05) is 37.6 Å². The molecule has 2 atom stereocenters. The minimum atomic E-state index is -0.909. The number of amides is 1. The third-order valence-electron chi connectivity index (χ3n) is 6.27. The monoisotopic (exact) mass is 503 g/mol. The van der Waals surface area contributed by atoms with Gasteiger partial charge in [-0.25, -0.2) is 24.3 Å². The zero-order chi connectivity index (χ0) is 25.8. The molecule has 3 N–H and O–H groups in total. The molecule has 0 aromatic carbocycles. The van der Waals surface area contributed by atoms with Crippen LogP contribution < -0.4 is 15.5 Å². The molecule has 0 bridgehead atoms. The van der Waals surface area contributed by atoms with E-state index >= 15 is 0 Å². The Balaban J connectivity index is 1.23. The van der Waals surface area contributed by atoms with Crippen LogP contribution in [0.25, 0.3) is 11.3 Å². The molecule has 3 aromatic rings. The number of anilines is 4. The molecule has 2 saturated heterocycles. The lowest BCUT2D eigenvalue weighted by molar-refractivity contribution is -0.117. The molecule has 1 amide bonds. The van der Waals surface area contributed by atoms with E-state index in [1.54, 1.807) is 47.8 Å². The van der Waals surface area contributed by atoms with Crippen molar-refractivity contribution in [2.75, 3.05) is 48.3 Å². The van der Waals surface area contributed by atoms with Gasteiger partial charge in [0.1, 0.15) is 23.9 Å². The second-order valence-electron chi connectivity index (χ2n) is 9.09. The lowest BCUT2D eigenvalue weighted by Crippen LogP contribution is -2.32. The molecule has 0 spiro atoms. The maximum absolute atomic E-state index is 13.6. The number of nitrogens with zero attached hydrogens (tertiary/aromatic N) is 7. The number of aliphatic hydroxyl groups is 1. The van der Waals surface area contributed by atoms with E-state index < -0.39 is 6.17 Å². The number of hydrogen-bond acceptors (Lipinski definition) is 10. The van der Waals surface area contributed by atoms with Crippen molar-refractivity contribution >= 4 is 29.2 Å². The minimum Gasteiger partial charge on any atom is -0.392 e. The summed E-state index contributed by atoms with van der Waals surface area (Å²) in [7, 11) is 0. The first-order valence-corrected chi connectivity index (χ1v) is 12.0. The van der Waals surface area contributed by atoms with E-state index in [4.69, 9.17) is 0 Å². The highest BCUT2D eigenvalue weighted by molar-refractivity contribution is 5.91. The van der Waals surface area contributed by atoms with E-state index in [1.807, 2.05) is 4.90 Å². The molecule has 2 fully saturated rings. The maximum Gasteiger partial charge on any atom is 0.239 e. The molecule has 5 rings (SSSR count). The van der Waals surface area contributed by atoms with Gasteiger partial charge in [-0.2, -0.15) is 5.26 Å². The Morgan fingerprint density at radius 1 is 1.16 bits per heavy atom. The van der Waals surface area contributed by atoms with Crippen LogP contribution in [0.5, 0.6) is 0 Å². The van der Waals surface area contributed by atoms with Crippen molar-refractivity contribution in [3.8, 4) is 17.3 Å².